The standard InChI is InChI=1S/C70H85N7O24S3/c1-50-18-20-52(21-19-50)103(88,89)76(26-7-10-51(78)11-8-31-93-33-35-95-37-39-97-41-43-99-45-46-100-44-42-98-40-38-96-36-34-94-32-24-64(82)101-77-61(79)22-23-62(77)80)70(85)66-53-12-2-4-16-58(53)74(59-17-5-3-13-54(59)66)25-9-47-102(86,87)73-29-27-72(28-30-73)63(81)49-75-68(83)56-15-6-14-55-65(56)57(69(75)84)48-60(67(55)71)104(90,91)92/h2-6,12-21,48H,7-11,22-47,49H2,1H3,(H2-,71,83,84,90,91,92)/p+1. The summed E-state index contributed by atoms with van der Waals surface area (Å²) in [6, 6.07) is 25.1. The summed E-state index contributed by atoms with van der Waals surface area (Å²) in [6.07, 6.45) is 0.630. The number of nitrogen functional groups attached to an aromatic ring is 1. The molecule has 2 saturated heterocycles. The molecule has 562 valence electrons. The molecule has 4 heterocycles. The summed E-state index contributed by atoms with van der Waals surface area (Å²) in [4.78, 5) is 110. The van der Waals surface area contributed by atoms with Crippen molar-refractivity contribution in [1.29, 1.82) is 0 Å². The summed E-state index contributed by atoms with van der Waals surface area (Å²) < 4.78 is 140. The fraction of sp³-hybridized carbons (Fsp3) is 0.471. The lowest BCUT2D eigenvalue weighted by Crippen LogP contribution is -2.54. The van der Waals surface area contributed by atoms with E-state index in [2.05, 4.69) is 0 Å². The average molecular weight is 1510 g/mol. The molecule has 0 unspecified atom stereocenters. The number of ketones is 1. The van der Waals surface area contributed by atoms with Gasteiger partial charge in [0.05, 0.1) is 144 Å². The van der Waals surface area contributed by atoms with Crippen LogP contribution in [-0.2, 0) is 103 Å². The number of ether oxygens (including phenoxy) is 8. The molecule has 6 aromatic rings. The Bertz CT molecular complexity index is 4370. The number of hydroxylamine groups is 2. The van der Waals surface area contributed by atoms with Crippen molar-refractivity contribution in [2.45, 2.75) is 74.6 Å². The van der Waals surface area contributed by atoms with Gasteiger partial charge in [-0.15, -0.1) is 5.06 Å². The zero-order chi connectivity index (χ0) is 74.4. The zero-order valence-corrected chi connectivity index (χ0v) is 60.1. The molecule has 0 bridgehead atoms. The third-order valence-electron chi connectivity index (χ3n) is 17.2. The van der Waals surface area contributed by atoms with Crippen molar-refractivity contribution < 1.29 is 115 Å². The van der Waals surface area contributed by atoms with Crippen LogP contribution in [0.1, 0.15) is 88.0 Å². The molecule has 2 fully saturated rings. The highest BCUT2D eigenvalue weighted by atomic mass is 32.2. The van der Waals surface area contributed by atoms with Crippen molar-refractivity contribution in [3.05, 3.63) is 119 Å². The highest BCUT2D eigenvalue weighted by Gasteiger charge is 2.40. The quantitative estimate of drug-likeness (QED) is 0.0137. The van der Waals surface area contributed by atoms with Crippen LogP contribution in [-0.4, -0.2) is 251 Å². The molecular formula is C70H86N7O24S3+. The lowest BCUT2D eigenvalue weighted by atomic mass is 9.93. The van der Waals surface area contributed by atoms with Crippen molar-refractivity contribution >= 4 is 116 Å². The lowest BCUT2D eigenvalue weighted by Gasteiger charge is -2.35. The molecule has 3 aliphatic heterocycles. The van der Waals surface area contributed by atoms with Gasteiger partial charge in [-0.1, -0.05) is 54.1 Å². The first-order valence-electron chi connectivity index (χ1n) is 34.1. The first kappa shape index (κ1) is 79.8. The molecule has 0 spiro atoms. The third kappa shape index (κ3) is 21.0. The number of piperazine rings is 1. The molecule has 3 aliphatic rings. The third-order valence-corrected chi connectivity index (χ3v) is 21.9. The average Bonchev–Trinajstić information content (AvgIpc) is 0.869. The van der Waals surface area contributed by atoms with Crippen LogP contribution in [0.3, 0.4) is 0 Å². The predicted molar refractivity (Wildman–Crippen MR) is 373 cm³/mol. The molecule has 0 saturated carbocycles. The number of pyridine rings is 1. The SMILES string of the molecule is Cc1ccc(S(=O)(=O)N(CCCC(=O)CCCOCCOCCOCCOCCOCCOCCOCCOCCC(=O)ON2C(=O)CCC2=O)C(=O)c2c3ccccc3[n+](CCCS(=O)(=O)N3CCN(C(=O)CN4C(=O)c5cccc6c(N)c(S(=O)(=O)O)cc(c56)C4=O)CC3)c3ccccc23)cc1. The number of carbonyl (C=O) groups is 8. The number of Topliss-reactive ketones (excluding diaryl/α,β-unsaturated/α-hetero) is 1. The number of hydrogen-bond donors (Lipinski definition) is 2. The fourth-order valence-corrected chi connectivity index (χ4v) is 15.5. The van der Waals surface area contributed by atoms with Gasteiger partial charge in [-0.3, -0.25) is 43.0 Å². The summed E-state index contributed by atoms with van der Waals surface area (Å²) in [5, 5.41) is 1.44. The van der Waals surface area contributed by atoms with Gasteiger partial charge in [0.15, 0.2) is 6.54 Å². The van der Waals surface area contributed by atoms with Crippen molar-refractivity contribution in [2.75, 3.05) is 156 Å². The molecule has 3 N–H and O–H groups in total. The Hall–Kier alpha value is -8.36. The van der Waals surface area contributed by atoms with E-state index in [-0.39, 0.29) is 160 Å². The van der Waals surface area contributed by atoms with Gasteiger partial charge in [0, 0.05) is 99.9 Å². The molecular weight excluding hydrogens is 1420 g/mol. The number of amides is 6. The summed E-state index contributed by atoms with van der Waals surface area (Å²) in [5.41, 5.74) is 7.38. The van der Waals surface area contributed by atoms with Crippen LogP contribution in [0.25, 0.3) is 32.6 Å². The molecule has 1 aromatic heterocycles. The van der Waals surface area contributed by atoms with Crippen LogP contribution in [0, 0.1) is 6.92 Å². The van der Waals surface area contributed by atoms with Crippen molar-refractivity contribution in [3.8, 4) is 0 Å². The Morgan fingerprint density at radius 2 is 1.05 bits per heavy atom. The van der Waals surface area contributed by atoms with Crippen LogP contribution >= 0.6 is 0 Å². The van der Waals surface area contributed by atoms with Crippen LogP contribution in [0.5, 0.6) is 0 Å². The Morgan fingerprint density at radius 3 is 1.59 bits per heavy atom. The number of para-hydroxylation sites is 2. The number of sulfonamides is 2. The number of imide groups is 2. The van der Waals surface area contributed by atoms with Crippen molar-refractivity contribution in [1.82, 2.24) is 23.5 Å². The van der Waals surface area contributed by atoms with Gasteiger partial charge in [0.2, 0.25) is 27.0 Å². The molecule has 0 radical (unpaired) electrons. The molecule has 104 heavy (non-hydrogen) atoms. The molecule has 0 aliphatic carbocycles. The Balaban J connectivity index is 0.660. The van der Waals surface area contributed by atoms with E-state index in [0.29, 0.717) is 117 Å². The van der Waals surface area contributed by atoms with Gasteiger partial charge in [0.1, 0.15) is 17.2 Å². The summed E-state index contributed by atoms with van der Waals surface area (Å²) in [7, 11) is -13.3. The first-order chi connectivity index (χ1) is 50.0. The number of rotatable bonds is 44. The maximum absolute atomic E-state index is 15.2. The van der Waals surface area contributed by atoms with Crippen molar-refractivity contribution in [2.24, 2.45) is 0 Å². The minimum atomic E-state index is -4.90. The Labute approximate surface area is 602 Å². The van der Waals surface area contributed by atoms with E-state index in [9.17, 15) is 63.4 Å². The number of carbonyl (C=O) groups excluding carboxylic acids is 8. The van der Waals surface area contributed by atoms with Gasteiger partial charge in [0.25, 0.3) is 49.7 Å². The van der Waals surface area contributed by atoms with Gasteiger partial charge in [-0.2, -0.15) is 17.3 Å². The zero-order valence-electron chi connectivity index (χ0n) is 57.7. The minimum absolute atomic E-state index is 0.00850. The van der Waals surface area contributed by atoms with E-state index in [0.717, 1.165) is 15.9 Å². The maximum Gasteiger partial charge on any atom is 0.335 e. The smallest absolute Gasteiger partial charge is 0.335 e. The number of aromatic nitrogens is 1. The second-order valence-electron chi connectivity index (χ2n) is 24.4. The highest BCUT2D eigenvalue weighted by molar-refractivity contribution is 7.89. The number of fused-ring (bicyclic) bond motifs is 2. The first-order valence-corrected chi connectivity index (χ1v) is 38.6. The topological polar surface area (TPSA) is 388 Å². The van der Waals surface area contributed by atoms with E-state index >= 15 is 4.79 Å². The predicted octanol–water partition coefficient (Wildman–Crippen LogP) is 3.82. The monoisotopic (exact) mass is 1500 g/mol. The molecule has 5 aromatic carbocycles. The molecule has 34 heteroatoms. The van der Waals surface area contributed by atoms with Gasteiger partial charge in [-0.25, -0.2) is 25.9 Å². The fourth-order valence-electron chi connectivity index (χ4n) is 12.0. The second-order valence-corrected chi connectivity index (χ2v) is 29.7. The number of anilines is 1. The van der Waals surface area contributed by atoms with Gasteiger partial charge < -0.3 is 53.4 Å². The Kier molecular flexibility index (Phi) is 29.2. The van der Waals surface area contributed by atoms with E-state index < -0.39 is 83.0 Å². The largest absolute Gasteiger partial charge is 0.397 e. The van der Waals surface area contributed by atoms with E-state index in [4.69, 9.17) is 48.5 Å². The van der Waals surface area contributed by atoms with Crippen LogP contribution in [0.2, 0.25) is 0 Å². The number of aryl methyl sites for hydroxylation is 2. The number of nitrogens with zero attached hydrogens (tertiary/aromatic N) is 6. The van der Waals surface area contributed by atoms with Crippen molar-refractivity contribution in [3.63, 3.8) is 0 Å². The van der Waals surface area contributed by atoms with Gasteiger partial charge >= 0.3 is 5.97 Å². The van der Waals surface area contributed by atoms with Crippen LogP contribution in [0.15, 0.2) is 107 Å². The molecule has 31 nitrogen and oxygen atoms in total. The normalized spacial score (nSPS) is 14.6. The second kappa shape index (κ2) is 38.1. The molecule has 6 amide bonds. The Morgan fingerprint density at radius 1 is 0.558 bits per heavy atom. The minimum Gasteiger partial charge on any atom is -0.397 e. The van der Waals surface area contributed by atoms with E-state index in [1.54, 1.807) is 67.6 Å². The van der Waals surface area contributed by atoms with Crippen LogP contribution in [0.4, 0.5) is 5.69 Å². The number of benzene rings is 5. The number of nitrogens with two attached hydrogens (primary N) is 1. The number of hydrogen-bond acceptors (Lipinski definition) is 24. The summed E-state index contributed by atoms with van der Waals surface area (Å²) >= 11 is 0. The maximum atomic E-state index is 15.2. The van der Waals surface area contributed by atoms with E-state index in [1.807, 2.05) is 4.57 Å². The molecule has 9 rings (SSSR count). The lowest BCUT2D eigenvalue weighted by molar-refractivity contribution is -0.645. The van der Waals surface area contributed by atoms with E-state index in [1.165, 1.54) is 39.5 Å². The highest BCUT2D eigenvalue weighted by Crippen LogP contribution is 2.38. The van der Waals surface area contributed by atoms with Crippen LogP contribution < -0.4 is 10.3 Å². The van der Waals surface area contributed by atoms with Gasteiger partial charge in [-0.05, 0) is 56.2 Å². The molecule has 0 atom stereocenters. The summed E-state index contributed by atoms with van der Waals surface area (Å²) in [5.74, 6) is -5.55. The summed E-state index contributed by atoms with van der Waals surface area (Å²) in [6.45, 7) is 5.65.